The van der Waals surface area contributed by atoms with Crippen LogP contribution < -0.4 is 0 Å². The van der Waals surface area contributed by atoms with Crippen LogP contribution in [-0.2, 0) is 10.0 Å². The molecule has 0 fully saturated rings. The van der Waals surface area contributed by atoms with Gasteiger partial charge < -0.3 is 0 Å². The lowest BCUT2D eigenvalue weighted by Gasteiger charge is -2.18. The van der Waals surface area contributed by atoms with Crippen LogP contribution in [0.4, 0.5) is 0 Å². The first kappa shape index (κ1) is 14.6. The molecule has 16 heavy (non-hydrogen) atoms. The van der Waals surface area contributed by atoms with Crippen LogP contribution in [0.2, 0.25) is 0 Å². The maximum Gasteiger partial charge on any atom is 0.252 e. The molecule has 0 aliphatic heterocycles. The van der Waals surface area contributed by atoms with E-state index in [-0.39, 0.29) is 0 Å². The third kappa shape index (κ3) is 3.53. The summed E-state index contributed by atoms with van der Waals surface area (Å²) in [4.78, 5) is 0. The summed E-state index contributed by atoms with van der Waals surface area (Å²) in [5.41, 5.74) is 0. The van der Waals surface area contributed by atoms with E-state index in [4.69, 9.17) is 0 Å². The van der Waals surface area contributed by atoms with Crippen molar-refractivity contribution in [2.24, 2.45) is 0 Å². The number of halogens is 2. The second kappa shape index (κ2) is 6.49. The minimum atomic E-state index is -3.30. The van der Waals surface area contributed by atoms with Crippen molar-refractivity contribution in [3.63, 3.8) is 0 Å². The van der Waals surface area contributed by atoms with Crippen LogP contribution in [0, 0.1) is 0 Å². The Labute approximate surface area is 117 Å². The second-order valence-electron chi connectivity index (χ2n) is 3.10. The molecule has 0 spiro atoms. The minimum absolute atomic E-state index is 0.399. The maximum absolute atomic E-state index is 12.2. The summed E-state index contributed by atoms with van der Waals surface area (Å²) in [5.74, 6) is 0. The highest BCUT2D eigenvalue weighted by molar-refractivity contribution is 9.11. The lowest BCUT2D eigenvalue weighted by molar-refractivity contribution is 0.430. The number of sulfonamides is 1. The molecule has 0 unspecified atom stereocenters. The van der Waals surface area contributed by atoms with Gasteiger partial charge in [-0.05, 0) is 34.5 Å². The van der Waals surface area contributed by atoms with Crippen molar-refractivity contribution >= 4 is 53.2 Å². The van der Waals surface area contributed by atoms with Crippen molar-refractivity contribution in [3.05, 3.63) is 15.9 Å². The Bertz CT molecular complexity index is 430. The van der Waals surface area contributed by atoms with E-state index >= 15 is 0 Å². The average molecular weight is 391 g/mol. The van der Waals surface area contributed by atoms with E-state index in [0.29, 0.717) is 17.3 Å². The lowest BCUT2D eigenvalue weighted by atomic mass is 10.5. The highest BCUT2D eigenvalue weighted by Gasteiger charge is 2.23. The fraction of sp³-hybridized carbons (Fsp3) is 0.556. The molecule has 3 nitrogen and oxygen atoms in total. The van der Waals surface area contributed by atoms with Crippen LogP contribution in [0.1, 0.15) is 13.3 Å². The standard InChI is InChI=1S/C9H13Br2NO2S2/c1-2-12(7-3-6-10)16(13,14)9-5-4-8(11)15-9/h4-5H,2-3,6-7H2,1H3. The summed E-state index contributed by atoms with van der Waals surface area (Å²) >= 11 is 7.83. The summed E-state index contributed by atoms with van der Waals surface area (Å²) < 4.78 is 27.1. The zero-order valence-electron chi connectivity index (χ0n) is 8.82. The average Bonchev–Trinajstić information content (AvgIpc) is 2.66. The molecule has 0 aromatic carbocycles. The molecule has 1 heterocycles. The fourth-order valence-electron chi connectivity index (χ4n) is 1.25. The van der Waals surface area contributed by atoms with Gasteiger partial charge in [-0.15, -0.1) is 11.3 Å². The fourth-order valence-corrected chi connectivity index (χ4v) is 5.15. The van der Waals surface area contributed by atoms with E-state index in [2.05, 4.69) is 31.9 Å². The summed E-state index contributed by atoms with van der Waals surface area (Å²) in [6.07, 6.45) is 0.819. The zero-order valence-corrected chi connectivity index (χ0v) is 13.6. The number of rotatable bonds is 6. The molecule has 1 aromatic rings. The molecule has 0 radical (unpaired) electrons. The van der Waals surface area contributed by atoms with E-state index in [1.807, 2.05) is 6.92 Å². The third-order valence-electron chi connectivity index (χ3n) is 2.04. The Balaban J connectivity index is 2.90. The Morgan fingerprint density at radius 2 is 2.12 bits per heavy atom. The molecule has 1 aromatic heterocycles. The summed E-state index contributed by atoms with van der Waals surface area (Å²) in [6, 6.07) is 3.40. The van der Waals surface area contributed by atoms with E-state index < -0.39 is 10.0 Å². The molecule has 0 amide bonds. The topological polar surface area (TPSA) is 37.4 Å². The van der Waals surface area contributed by atoms with Gasteiger partial charge in [-0.2, -0.15) is 4.31 Å². The van der Waals surface area contributed by atoms with Crippen LogP contribution in [0.25, 0.3) is 0 Å². The molecule has 0 aliphatic rings. The number of thiophene rings is 1. The smallest absolute Gasteiger partial charge is 0.206 e. The lowest BCUT2D eigenvalue weighted by Crippen LogP contribution is -2.31. The Hall–Kier alpha value is 0.570. The summed E-state index contributed by atoms with van der Waals surface area (Å²) in [6.45, 7) is 2.92. The highest BCUT2D eigenvalue weighted by atomic mass is 79.9. The molecule has 0 atom stereocenters. The van der Waals surface area contributed by atoms with Gasteiger partial charge in [0.05, 0.1) is 3.79 Å². The SMILES string of the molecule is CCN(CCCBr)S(=O)(=O)c1ccc(Br)s1. The van der Waals surface area contributed by atoms with Crippen molar-refractivity contribution in [3.8, 4) is 0 Å². The molecular weight excluding hydrogens is 378 g/mol. The first-order valence-corrected chi connectivity index (χ1v) is 9.01. The van der Waals surface area contributed by atoms with Crippen molar-refractivity contribution in [1.82, 2.24) is 4.31 Å². The molecule has 1 rings (SSSR count). The number of nitrogens with zero attached hydrogens (tertiary/aromatic N) is 1. The Kier molecular flexibility index (Phi) is 5.93. The number of hydrogen-bond acceptors (Lipinski definition) is 3. The van der Waals surface area contributed by atoms with Crippen molar-refractivity contribution in [2.45, 2.75) is 17.6 Å². The molecule has 0 saturated carbocycles. The largest absolute Gasteiger partial charge is 0.252 e. The predicted octanol–water partition coefficient (Wildman–Crippen LogP) is 3.31. The van der Waals surface area contributed by atoms with Gasteiger partial charge in [0.15, 0.2) is 0 Å². The van der Waals surface area contributed by atoms with Crippen LogP contribution in [0.15, 0.2) is 20.1 Å². The monoisotopic (exact) mass is 389 g/mol. The van der Waals surface area contributed by atoms with Gasteiger partial charge >= 0.3 is 0 Å². The summed E-state index contributed by atoms with van der Waals surface area (Å²) in [7, 11) is -3.30. The van der Waals surface area contributed by atoms with Gasteiger partial charge in [-0.3, -0.25) is 0 Å². The molecule has 0 bridgehead atoms. The van der Waals surface area contributed by atoms with Crippen molar-refractivity contribution in [2.75, 3.05) is 18.4 Å². The quantitative estimate of drug-likeness (QED) is 0.698. The normalized spacial score (nSPS) is 12.2. The van der Waals surface area contributed by atoms with Gasteiger partial charge in [-0.1, -0.05) is 22.9 Å². The van der Waals surface area contributed by atoms with E-state index in [1.54, 1.807) is 12.1 Å². The van der Waals surface area contributed by atoms with Crippen LogP contribution >= 0.6 is 43.2 Å². The van der Waals surface area contributed by atoms with Crippen molar-refractivity contribution in [1.29, 1.82) is 0 Å². The Morgan fingerprint density at radius 1 is 1.44 bits per heavy atom. The van der Waals surface area contributed by atoms with Crippen LogP contribution in [0.3, 0.4) is 0 Å². The third-order valence-corrected chi connectivity index (χ3v) is 6.66. The Morgan fingerprint density at radius 3 is 2.56 bits per heavy atom. The molecule has 0 saturated heterocycles. The van der Waals surface area contributed by atoms with E-state index in [1.165, 1.54) is 15.6 Å². The predicted molar refractivity (Wildman–Crippen MR) is 74.9 cm³/mol. The van der Waals surface area contributed by atoms with E-state index in [0.717, 1.165) is 15.5 Å². The minimum Gasteiger partial charge on any atom is -0.206 e. The molecule has 7 heteroatoms. The second-order valence-corrected chi connectivity index (χ2v) is 8.52. The molecule has 0 N–H and O–H groups in total. The van der Waals surface area contributed by atoms with Crippen LogP contribution in [-0.4, -0.2) is 31.1 Å². The number of alkyl halides is 1. The van der Waals surface area contributed by atoms with Gasteiger partial charge in [0.1, 0.15) is 4.21 Å². The zero-order chi connectivity index (χ0) is 12.2. The maximum atomic E-state index is 12.2. The molecule has 0 aliphatic carbocycles. The first-order chi connectivity index (χ1) is 7.52. The first-order valence-electron chi connectivity index (χ1n) is 4.83. The van der Waals surface area contributed by atoms with Gasteiger partial charge in [0, 0.05) is 18.4 Å². The van der Waals surface area contributed by atoms with Crippen LogP contribution in [0.5, 0.6) is 0 Å². The van der Waals surface area contributed by atoms with E-state index in [9.17, 15) is 8.42 Å². The van der Waals surface area contributed by atoms with Gasteiger partial charge in [0.25, 0.3) is 10.0 Å². The molecule has 92 valence electrons. The highest BCUT2D eigenvalue weighted by Crippen LogP contribution is 2.28. The summed E-state index contributed by atoms with van der Waals surface area (Å²) in [5, 5.41) is 0.813. The molecular formula is C9H13Br2NO2S2. The van der Waals surface area contributed by atoms with Gasteiger partial charge in [0.2, 0.25) is 0 Å². The number of hydrogen-bond donors (Lipinski definition) is 0. The van der Waals surface area contributed by atoms with Crippen molar-refractivity contribution < 1.29 is 8.42 Å². The van der Waals surface area contributed by atoms with Gasteiger partial charge in [-0.25, -0.2) is 8.42 Å².